The second-order valence-electron chi connectivity index (χ2n) is 7.75. The monoisotopic (exact) mass is 304 g/mol. The van der Waals surface area contributed by atoms with Crippen molar-refractivity contribution in [1.29, 1.82) is 0 Å². The molecule has 0 aliphatic carbocycles. The van der Waals surface area contributed by atoms with Gasteiger partial charge in [-0.05, 0) is 36.8 Å². The molecule has 0 heterocycles. The Kier molecular flexibility index (Phi) is 6.61. The van der Waals surface area contributed by atoms with Crippen LogP contribution in [0.5, 0.6) is 0 Å². The average Bonchev–Trinajstić information content (AvgIpc) is 2.47. The van der Waals surface area contributed by atoms with E-state index in [2.05, 4.69) is 38.1 Å². The number of amides is 1. The van der Waals surface area contributed by atoms with Gasteiger partial charge >= 0.3 is 0 Å². The van der Waals surface area contributed by atoms with Crippen molar-refractivity contribution in [2.45, 2.75) is 47.0 Å². The summed E-state index contributed by atoms with van der Waals surface area (Å²) in [6, 6.07) is 10.4. The van der Waals surface area contributed by atoms with E-state index in [1.807, 2.05) is 31.9 Å². The highest BCUT2D eigenvalue weighted by Crippen LogP contribution is 2.27. The van der Waals surface area contributed by atoms with Crippen LogP contribution >= 0.6 is 0 Å². The Morgan fingerprint density at radius 3 is 2.27 bits per heavy atom. The van der Waals surface area contributed by atoms with Crippen LogP contribution in [0.3, 0.4) is 0 Å². The Balaban J connectivity index is 2.52. The van der Waals surface area contributed by atoms with Crippen molar-refractivity contribution in [3.05, 3.63) is 35.9 Å². The summed E-state index contributed by atoms with van der Waals surface area (Å²) >= 11 is 0. The maximum Gasteiger partial charge on any atom is 0.227 e. The molecule has 0 saturated carbocycles. The third-order valence-electron chi connectivity index (χ3n) is 4.25. The Labute approximate surface area is 135 Å². The number of nitrogens with two attached hydrogens (primary N) is 1. The molecule has 1 aromatic carbocycles. The molecule has 3 heteroatoms. The lowest BCUT2D eigenvalue weighted by Gasteiger charge is -2.34. The number of rotatable bonds is 8. The zero-order chi connectivity index (χ0) is 16.8. The van der Waals surface area contributed by atoms with E-state index in [9.17, 15) is 4.79 Å². The predicted molar refractivity (Wildman–Crippen MR) is 93.6 cm³/mol. The van der Waals surface area contributed by atoms with Gasteiger partial charge in [-0.3, -0.25) is 4.79 Å². The molecule has 22 heavy (non-hydrogen) atoms. The predicted octanol–water partition coefficient (Wildman–Crippen LogP) is 3.48. The Bertz CT molecular complexity index is 466. The van der Waals surface area contributed by atoms with Crippen LogP contribution in [0, 0.1) is 10.8 Å². The molecule has 0 aliphatic rings. The molecule has 0 saturated heterocycles. The minimum Gasteiger partial charge on any atom is -0.345 e. The van der Waals surface area contributed by atoms with Crippen LogP contribution in [-0.2, 0) is 11.2 Å². The Hall–Kier alpha value is -1.35. The first-order valence-corrected chi connectivity index (χ1v) is 8.17. The van der Waals surface area contributed by atoms with E-state index in [4.69, 9.17) is 5.73 Å². The number of aryl methyl sites for hydroxylation is 1. The Morgan fingerprint density at radius 1 is 1.14 bits per heavy atom. The first-order valence-electron chi connectivity index (χ1n) is 8.17. The molecular weight excluding hydrogens is 272 g/mol. The molecule has 1 aromatic rings. The third kappa shape index (κ3) is 5.80. The van der Waals surface area contributed by atoms with E-state index >= 15 is 0 Å². The van der Waals surface area contributed by atoms with Crippen LogP contribution in [0.1, 0.15) is 46.1 Å². The van der Waals surface area contributed by atoms with Gasteiger partial charge < -0.3 is 10.6 Å². The average molecular weight is 304 g/mol. The summed E-state index contributed by atoms with van der Waals surface area (Å²) in [6.45, 7) is 9.57. The smallest absolute Gasteiger partial charge is 0.227 e. The molecule has 1 rings (SSSR count). The number of hydrogen-bond donors (Lipinski definition) is 1. The first kappa shape index (κ1) is 18.7. The summed E-state index contributed by atoms with van der Waals surface area (Å²) in [5, 5.41) is 0. The van der Waals surface area contributed by atoms with E-state index in [1.165, 1.54) is 5.56 Å². The topological polar surface area (TPSA) is 46.3 Å². The zero-order valence-corrected chi connectivity index (χ0v) is 14.9. The highest BCUT2D eigenvalue weighted by molar-refractivity contribution is 5.81. The van der Waals surface area contributed by atoms with E-state index in [1.54, 1.807) is 0 Å². The van der Waals surface area contributed by atoms with Gasteiger partial charge in [-0.1, -0.05) is 58.0 Å². The molecule has 3 nitrogen and oxygen atoms in total. The molecule has 0 fully saturated rings. The molecule has 0 atom stereocenters. The van der Waals surface area contributed by atoms with Crippen molar-refractivity contribution in [1.82, 2.24) is 4.90 Å². The fourth-order valence-electron chi connectivity index (χ4n) is 2.78. The number of hydrogen-bond acceptors (Lipinski definition) is 2. The van der Waals surface area contributed by atoms with Gasteiger partial charge in [0.2, 0.25) is 5.91 Å². The highest BCUT2D eigenvalue weighted by Gasteiger charge is 2.32. The lowest BCUT2D eigenvalue weighted by molar-refractivity contribution is -0.140. The summed E-state index contributed by atoms with van der Waals surface area (Å²) in [4.78, 5) is 14.5. The maximum atomic E-state index is 12.7. The van der Waals surface area contributed by atoms with Gasteiger partial charge in [0.05, 0.1) is 0 Å². The SMILES string of the molecule is CN(CC(C)(C)CN)C(=O)C(C)(C)CCCc1ccccc1. The standard InChI is InChI=1S/C19H32N2O/c1-18(2,14-20)15-21(5)17(22)19(3,4)13-9-12-16-10-7-6-8-11-16/h6-8,10-11H,9,12-15,20H2,1-5H3. The van der Waals surface area contributed by atoms with Gasteiger partial charge in [0.15, 0.2) is 0 Å². The largest absolute Gasteiger partial charge is 0.345 e. The van der Waals surface area contributed by atoms with E-state index < -0.39 is 0 Å². The maximum absolute atomic E-state index is 12.7. The molecule has 0 aromatic heterocycles. The van der Waals surface area contributed by atoms with Gasteiger partial charge in [-0.25, -0.2) is 0 Å². The minimum atomic E-state index is -0.325. The van der Waals surface area contributed by atoms with Crippen LogP contribution < -0.4 is 5.73 Å². The second kappa shape index (κ2) is 7.77. The zero-order valence-electron chi connectivity index (χ0n) is 14.9. The van der Waals surface area contributed by atoms with Gasteiger partial charge in [0.25, 0.3) is 0 Å². The molecule has 124 valence electrons. The van der Waals surface area contributed by atoms with Crippen molar-refractivity contribution in [3.63, 3.8) is 0 Å². The van der Waals surface area contributed by atoms with E-state index in [0.29, 0.717) is 13.1 Å². The van der Waals surface area contributed by atoms with E-state index in [-0.39, 0.29) is 16.7 Å². The van der Waals surface area contributed by atoms with Gasteiger partial charge in [-0.15, -0.1) is 0 Å². The van der Waals surface area contributed by atoms with Crippen LogP contribution in [0.2, 0.25) is 0 Å². The van der Waals surface area contributed by atoms with Crippen molar-refractivity contribution >= 4 is 5.91 Å². The summed E-state index contributed by atoms with van der Waals surface area (Å²) in [5.74, 6) is 0.210. The third-order valence-corrected chi connectivity index (χ3v) is 4.25. The molecule has 1 amide bonds. The summed E-state index contributed by atoms with van der Waals surface area (Å²) in [5.41, 5.74) is 6.74. The van der Waals surface area contributed by atoms with Crippen LogP contribution in [0.4, 0.5) is 0 Å². The molecule has 2 N–H and O–H groups in total. The van der Waals surface area contributed by atoms with Gasteiger partial charge in [0.1, 0.15) is 0 Å². The first-order chi connectivity index (χ1) is 10.2. The number of carbonyl (C=O) groups excluding carboxylic acids is 1. The lowest BCUT2D eigenvalue weighted by atomic mass is 9.84. The normalized spacial score (nSPS) is 12.3. The Morgan fingerprint density at radius 2 is 1.73 bits per heavy atom. The van der Waals surface area contributed by atoms with Gasteiger partial charge in [-0.2, -0.15) is 0 Å². The van der Waals surface area contributed by atoms with Crippen molar-refractivity contribution < 1.29 is 4.79 Å². The van der Waals surface area contributed by atoms with Crippen molar-refractivity contribution in [2.75, 3.05) is 20.1 Å². The molecule has 0 unspecified atom stereocenters. The number of benzene rings is 1. The number of nitrogens with zero attached hydrogens (tertiary/aromatic N) is 1. The van der Waals surface area contributed by atoms with Crippen LogP contribution in [0.25, 0.3) is 0 Å². The van der Waals surface area contributed by atoms with Crippen LogP contribution in [-0.4, -0.2) is 30.9 Å². The van der Waals surface area contributed by atoms with Crippen molar-refractivity contribution in [3.8, 4) is 0 Å². The highest BCUT2D eigenvalue weighted by atomic mass is 16.2. The second-order valence-corrected chi connectivity index (χ2v) is 7.75. The minimum absolute atomic E-state index is 0.0372. The summed E-state index contributed by atoms with van der Waals surface area (Å²) in [7, 11) is 1.89. The van der Waals surface area contributed by atoms with E-state index in [0.717, 1.165) is 19.3 Å². The summed E-state index contributed by atoms with van der Waals surface area (Å²) in [6.07, 6.45) is 2.94. The quantitative estimate of drug-likeness (QED) is 0.799. The molecular formula is C19H32N2O. The fraction of sp³-hybridized carbons (Fsp3) is 0.632. The summed E-state index contributed by atoms with van der Waals surface area (Å²) < 4.78 is 0. The number of carbonyl (C=O) groups is 1. The van der Waals surface area contributed by atoms with Gasteiger partial charge in [0, 0.05) is 19.0 Å². The molecule has 0 radical (unpaired) electrons. The lowest BCUT2D eigenvalue weighted by Crippen LogP contribution is -2.45. The van der Waals surface area contributed by atoms with Crippen LogP contribution in [0.15, 0.2) is 30.3 Å². The molecule has 0 spiro atoms. The fourth-order valence-corrected chi connectivity index (χ4v) is 2.78. The molecule has 0 bridgehead atoms. The van der Waals surface area contributed by atoms with Crippen molar-refractivity contribution in [2.24, 2.45) is 16.6 Å². The molecule has 0 aliphatic heterocycles.